The molecule has 0 fully saturated rings. The molecule has 0 saturated carbocycles. The van der Waals surface area contributed by atoms with Gasteiger partial charge in [-0.1, -0.05) is 304 Å². The summed E-state index contributed by atoms with van der Waals surface area (Å²) in [5.41, 5.74) is 0. The molecule has 3 atom stereocenters. The molecule has 0 aromatic carbocycles. The first kappa shape index (κ1) is 76.4. The zero-order valence-corrected chi connectivity index (χ0v) is 53.2. The molecule has 0 radical (unpaired) electrons. The van der Waals surface area contributed by atoms with Crippen molar-refractivity contribution in [3.8, 4) is 0 Å². The van der Waals surface area contributed by atoms with E-state index in [2.05, 4.69) is 104 Å². The van der Waals surface area contributed by atoms with E-state index >= 15 is 0 Å². The highest BCUT2D eigenvalue weighted by Gasteiger charge is 2.28. The van der Waals surface area contributed by atoms with Crippen molar-refractivity contribution in [2.45, 2.75) is 302 Å². The van der Waals surface area contributed by atoms with Crippen molar-refractivity contribution in [2.75, 3.05) is 40.9 Å². The Bertz CT molecular complexity index is 1610. The highest BCUT2D eigenvalue weighted by molar-refractivity contribution is 7.47. The van der Waals surface area contributed by atoms with Crippen LogP contribution in [0.2, 0.25) is 0 Å². The minimum atomic E-state index is -4.36. The number of amides is 1. The highest BCUT2D eigenvalue weighted by atomic mass is 31.2. The second kappa shape index (κ2) is 60.0. The Morgan fingerprint density at radius 2 is 0.759 bits per heavy atom. The van der Waals surface area contributed by atoms with Gasteiger partial charge in [0.2, 0.25) is 5.91 Å². The molecule has 0 heterocycles. The van der Waals surface area contributed by atoms with Crippen molar-refractivity contribution < 1.29 is 32.9 Å². The summed E-state index contributed by atoms with van der Waals surface area (Å²) in [7, 11) is 1.57. The van der Waals surface area contributed by atoms with Gasteiger partial charge in [0, 0.05) is 6.42 Å². The smallest absolute Gasteiger partial charge is 0.387 e. The van der Waals surface area contributed by atoms with Gasteiger partial charge in [-0.15, -0.1) is 0 Å². The lowest BCUT2D eigenvalue weighted by Crippen LogP contribution is -2.45. The van der Waals surface area contributed by atoms with Crippen LogP contribution >= 0.6 is 7.82 Å². The van der Waals surface area contributed by atoms with Crippen molar-refractivity contribution in [3.05, 3.63) is 97.2 Å². The van der Waals surface area contributed by atoms with E-state index in [9.17, 15) is 19.4 Å². The molecule has 0 rings (SSSR count). The SMILES string of the molecule is CC/C=C\C/C=C\C/C=C\C/C=C\C/C=C\C/C=C\C/C=C\CCCCCCCCCCCCCC(=O)NC(COP(=O)(O)OCC[N+](C)(C)C)C(O)/C=C/CCCCCCCCCCCCCCCCCCCCCCCC. The second-order valence-corrected chi connectivity index (χ2v) is 24.9. The standard InChI is InChI=1S/C70H127N2O6P/c1-6-8-10-12-14-16-18-20-22-24-26-28-30-32-33-34-35-36-37-38-39-40-42-44-46-48-50-52-54-56-58-60-62-64-70(74)71-68(67-78-79(75,76)77-66-65-72(3,4)5)69(73)63-61-59-57-55-53-51-49-47-45-43-41-31-29-27-25-23-21-19-17-15-13-11-9-7-2/h8,10,14,16,20,22,26,28,32-33,35-36,38-39,61,63,68-69,73H,6-7,9,11-13,15,17-19,21,23-25,27,29-31,34,37,40-60,62,64-67H2,1-5H3,(H-,71,74,75,76)/p+1/b10-8-,16-14-,22-20-,28-26-,33-32-,36-35-,39-38-,63-61+. The number of aliphatic hydroxyl groups excluding tert-OH is 1. The summed E-state index contributed by atoms with van der Waals surface area (Å²) in [6, 6.07) is -0.855. The number of carbonyl (C=O) groups excluding carboxylic acids is 1. The largest absolute Gasteiger partial charge is 0.472 e. The quantitative estimate of drug-likeness (QED) is 0.0243. The molecule has 0 aliphatic carbocycles. The molecule has 0 bridgehead atoms. The van der Waals surface area contributed by atoms with Crippen molar-refractivity contribution >= 4 is 13.7 Å². The third-order valence-electron chi connectivity index (χ3n) is 14.6. The van der Waals surface area contributed by atoms with E-state index in [0.717, 1.165) is 83.5 Å². The Labute approximate surface area is 489 Å². The molecule has 0 aliphatic heterocycles. The lowest BCUT2D eigenvalue weighted by atomic mass is 10.0. The second-order valence-electron chi connectivity index (χ2n) is 23.5. The summed E-state index contributed by atoms with van der Waals surface area (Å²) in [6.07, 6.45) is 86.7. The van der Waals surface area contributed by atoms with Crippen LogP contribution < -0.4 is 5.32 Å². The fourth-order valence-corrected chi connectivity index (χ4v) is 10.2. The zero-order valence-electron chi connectivity index (χ0n) is 52.3. The summed E-state index contributed by atoms with van der Waals surface area (Å²) in [5.74, 6) is -0.181. The minimum Gasteiger partial charge on any atom is -0.387 e. The van der Waals surface area contributed by atoms with Crippen molar-refractivity contribution in [2.24, 2.45) is 0 Å². The first-order chi connectivity index (χ1) is 38.5. The molecule has 1 amide bonds. The Hall–Kier alpha value is -2.58. The zero-order chi connectivity index (χ0) is 57.7. The Balaban J connectivity index is 4.15. The summed E-state index contributed by atoms with van der Waals surface area (Å²) in [4.78, 5) is 23.4. The first-order valence-electron chi connectivity index (χ1n) is 33.1. The van der Waals surface area contributed by atoms with Crippen molar-refractivity contribution in [1.29, 1.82) is 0 Å². The lowest BCUT2D eigenvalue weighted by molar-refractivity contribution is -0.870. The number of aliphatic hydroxyl groups is 1. The van der Waals surface area contributed by atoms with Gasteiger partial charge in [-0.2, -0.15) is 0 Å². The van der Waals surface area contributed by atoms with E-state index in [1.807, 2.05) is 27.2 Å². The fourth-order valence-electron chi connectivity index (χ4n) is 9.44. The van der Waals surface area contributed by atoms with Crippen LogP contribution in [-0.2, 0) is 18.4 Å². The maximum absolute atomic E-state index is 13.0. The monoisotopic (exact) mass is 1120 g/mol. The number of unbranched alkanes of at least 4 members (excludes halogenated alkanes) is 33. The van der Waals surface area contributed by atoms with E-state index in [1.54, 1.807) is 6.08 Å². The molecule has 3 unspecified atom stereocenters. The minimum absolute atomic E-state index is 0.0576. The van der Waals surface area contributed by atoms with Crippen molar-refractivity contribution in [3.63, 3.8) is 0 Å². The molecule has 0 aromatic heterocycles. The predicted molar refractivity (Wildman–Crippen MR) is 346 cm³/mol. The first-order valence-corrected chi connectivity index (χ1v) is 34.6. The van der Waals surface area contributed by atoms with Gasteiger partial charge in [-0.05, 0) is 77.0 Å². The highest BCUT2D eigenvalue weighted by Crippen LogP contribution is 2.43. The molecule has 79 heavy (non-hydrogen) atoms. The number of phosphoric ester groups is 1. The van der Waals surface area contributed by atoms with Crippen LogP contribution in [0.5, 0.6) is 0 Å². The fraction of sp³-hybridized carbons (Fsp3) is 0.757. The van der Waals surface area contributed by atoms with Gasteiger partial charge in [-0.25, -0.2) is 4.57 Å². The number of quaternary nitrogens is 1. The van der Waals surface area contributed by atoms with E-state index in [0.29, 0.717) is 17.4 Å². The van der Waals surface area contributed by atoms with Gasteiger partial charge in [0.15, 0.2) is 0 Å². The summed E-state index contributed by atoms with van der Waals surface area (Å²) < 4.78 is 23.8. The van der Waals surface area contributed by atoms with E-state index in [4.69, 9.17) is 9.05 Å². The van der Waals surface area contributed by atoms with Crippen LogP contribution in [0, 0.1) is 0 Å². The molecule has 0 spiro atoms. The van der Waals surface area contributed by atoms with E-state index in [1.165, 1.54) is 186 Å². The molecule has 0 aliphatic rings. The van der Waals surface area contributed by atoms with Crippen LogP contribution in [0.25, 0.3) is 0 Å². The van der Waals surface area contributed by atoms with Gasteiger partial charge >= 0.3 is 7.82 Å². The molecule has 458 valence electrons. The van der Waals surface area contributed by atoms with Crippen LogP contribution in [0.3, 0.4) is 0 Å². The van der Waals surface area contributed by atoms with Crippen LogP contribution in [0.4, 0.5) is 0 Å². The number of hydrogen-bond donors (Lipinski definition) is 3. The number of rotatable bonds is 60. The summed E-state index contributed by atoms with van der Waals surface area (Å²) in [6.45, 7) is 4.72. The van der Waals surface area contributed by atoms with Crippen LogP contribution in [-0.4, -0.2) is 73.4 Å². The summed E-state index contributed by atoms with van der Waals surface area (Å²) >= 11 is 0. The average Bonchev–Trinajstić information content (AvgIpc) is 3.42. The van der Waals surface area contributed by atoms with E-state index in [-0.39, 0.29) is 19.1 Å². The topological polar surface area (TPSA) is 105 Å². The Morgan fingerprint density at radius 1 is 0.443 bits per heavy atom. The Kier molecular flexibility index (Phi) is 58.1. The molecule has 3 N–H and O–H groups in total. The number of nitrogens with one attached hydrogen (secondary N) is 1. The molecular weight excluding hydrogens is 996 g/mol. The predicted octanol–water partition coefficient (Wildman–Crippen LogP) is 20.9. The lowest BCUT2D eigenvalue weighted by Gasteiger charge is -2.25. The number of carbonyl (C=O) groups is 1. The summed E-state index contributed by atoms with van der Waals surface area (Å²) in [5, 5.41) is 14.0. The average molecular weight is 1120 g/mol. The molecule has 9 heteroatoms. The number of likely N-dealkylation sites (N-methyl/N-ethyl adjacent to an activating group) is 1. The molecule has 0 saturated heterocycles. The Morgan fingerprint density at radius 3 is 1.11 bits per heavy atom. The van der Waals surface area contributed by atoms with Gasteiger partial charge in [0.1, 0.15) is 13.2 Å². The molecule has 8 nitrogen and oxygen atoms in total. The maximum atomic E-state index is 13.0. The van der Waals surface area contributed by atoms with Gasteiger partial charge < -0.3 is 19.8 Å². The number of allylic oxidation sites excluding steroid dienone is 15. The normalized spacial score (nSPS) is 14.4. The van der Waals surface area contributed by atoms with E-state index < -0.39 is 20.0 Å². The molecule has 0 aromatic rings. The maximum Gasteiger partial charge on any atom is 0.472 e. The molecular formula is C70H128N2O6P+. The van der Waals surface area contributed by atoms with Crippen LogP contribution in [0.1, 0.15) is 290 Å². The van der Waals surface area contributed by atoms with Gasteiger partial charge in [-0.3, -0.25) is 13.8 Å². The third-order valence-corrected chi connectivity index (χ3v) is 15.5. The third kappa shape index (κ3) is 62.9. The number of phosphoric acid groups is 1. The number of nitrogens with zero attached hydrogens (tertiary/aromatic N) is 1. The van der Waals surface area contributed by atoms with Gasteiger partial charge in [0.25, 0.3) is 0 Å². The van der Waals surface area contributed by atoms with Gasteiger partial charge in [0.05, 0.1) is 39.9 Å². The number of hydrogen-bond acceptors (Lipinski definition) is 5. The van der Waals surface area contributed by atoms with Crippen LogP contribution in [0.15, 0.2) is 97.2 Å². The van der Waals surface area contributed by atoms with Crippen molar-refractivity contribution in [1.82, 2.24) is 5.32 Å².